The van der Waals surface area contributed by atoms with E-state index in [0.717, 1.165) is 29.9 Å². The van der Waals surface area contributed by atoms with Crippen LogP contribution in [-0.4, -0.2) is 39.2 Å². The van der Waals surface area contributed by atoms with Crippen molar-refractivity contribution in [3.63, 3.8) is 0 Å². The van der Waals surface area contributed by atoms with E-state index in [9.17, 15) is 0 Å². The van der Waals surface area contributed by atoms with Gasteiger partial charge < -0.3 is 15.5 Å². The number of halogens is 1. The minimum absolute atomic E-state index is 0.458. The summed E-state index contributed by atoms with van der Waals surface area (Å²) in [4.78, 5) is 6.54. The Morgan fingerprint density at radius 2 is 2.11 bits per heavy atom. The molecule has 0 unspecified atom stereocenters. The molecule has 18 heavy (non-hydrogen) atoms. The van der Waals surface area contributed by atoms with Crippen molar-refractivity contribution in [2.24, 2.45) is 4.99 Å². The van der Waals surface area contributed by atoms with Crippen LogP contribution in [0.2, 0.25) is 0 Å². The molecule has 1 fully saturated rings. The molecule has 0 aliphatic carbocycles. The van der Waals surface area contributed by atoms with Gasteiger partial charge in [-0.05, 0) is 30.7 Å². The zero-order chi connectivity index (χ0) is 13.0. The molecule has 4 nitrogen and oxygen atoms in total. The van der Waals surface area contributed by atoms with E-state index in [1.807, 2.05) is 7.05 Å². The van der Waals surface area contributed by atoms with Gasteiger partial charge in [-0.2, -0.15) is 0 Å². The lowest BCUT2D eigenvalue weighted by Crippen LogP contribution is -2.43. The van der Waals surface area contributed by atoms with Crippen molar-refractivity contribution >= 4 is 27.6 Å². The number of benzene rings is 1. The highest BCUT2D eigenvalue weighted by atomic mass is 79.9. The second kappa shape index (κ2) is 6.09. The van der Waals surface area contributed by atoms with Crippen molar-refractivity contribution in [3.8, 4) is 0 Å². The first-order chi connectivity index (χ1) is 8.72. The smallest absolute Gasteiger partial charge is 0.190 e. The maximum atomic E-state index is 4.15. The van der Waals surface area contributed by atoms with E-state index in [2.05, 4.69) is 60.7 Å². The Balaban J connectivity index is 1.94. The third-order valence-electron chi connectivity index (χ3n) is 3.18. The van der Waals surface area contributed by atoms with E-state index in [1.165, 1.54) is 5.69 Å². The molecular weight excluding hydrogens is 292 g/mol. The van der Waals surface area contributed by atoms with Gasteiger partial charge in [-0.3, -0.25) is 4.99 Å². The number of hydrogen-bond donors (Lipinski definition) is 2. The Labute approximate surface area is 117 Å². The van der Waals surface area contributed by atoms with E-state index in [1.54, 1.807) is 7.05 Å². The highest BCUT2D eigenvalue weighted by Gasteiger charge is 2.23. The Morgan fingerprint density at radius 1 is 1.39 bits per heavy atom. The van der Waals surface area contributed by atoms with Crippen molar-refractivity contribution in [1.82, 2.24) is 10.6 Å². The van der Waals surface area contributed by atoms with E-state index >= 15 is 0 Å². The van der Waals surface area contributed by atoms with Crippen LogP contribution in [0.5, 0.6) is 0 Å². The summed E-state index contributed by atoms with van der Waals surface area (Å²) in [5, 5.41) is 6.47. The molecule has 2 N–H and O–H groups in total. The number of hydrogen-bond acceptors (Lipinski definition) is 2. The summed E-state index contributed by atoms with van der Waals surface area (Å²) in [5.41, 5.74) is 1.28. The fourth-order valence-corrected chi connectivity index (χ4v) is 2.47. The molecule has 1 aromatic carbocycles. The Morgan fingerprint density at radius 3 is 2.72 bits per heavy atom. The predicted octanol–water partition coefficient (Wildman–Crippen LogP) is 1.82. The fourth-order valence-electron chi connectivity index (χ4n) is 2.21. The molecule has 0 spiro atoms. The lowest BCUT2D eigenvalue weighted by Gasteiger charge is -2.20. The van der Waals surface area contributed by atoms with E-state index < -0.39 is 0 Å². The van der Waals surface area contributed by atoms with Gasteiger partial charge in [-0.1, -0.05) is 15.9 Å². The van der Waals surface area contributed by atoms with Gasteiger partial charge in [0, 0.05) is 43.4 Å². The van der Waals surface area contributed by atoms with Crippen LogP contribution in [0, 0.1) is 0 Å². The summed E-state index contributed by atoms with van der Waals surface area (Å²) < 4.78 is 1.12. The van der Waals surface area contributed by atoms with Crippen LogP contribution in [0.1, 0.15) is 6.42 Å². The van der Waals surface area contributed by atoms with Gasteiger partial charge in [-0.15, -0.1) is 0 Å². The maximum absolute atomic E-state index is 4.15. The van der Waals surface area contributed by atoms with Crippen LogP contribution in [0.25, 0.3) is 0 Å². The van der Waals surface area contributed by atoms with Crippen molar-refractivity contribution < 1.29 is 0 Å². The summed E-state index contributed by atoms with van der Waals surface area (Å²) >= 11 is 3.46. The number of nitrogens with zero attached hydrogens (tertiary/aromatic N) is 2. The van der Waals surface area contributed by atoms with Crippen molar-refractivity contribution in [2.45, 2.75) is 12.5 Å². The number of nitrogens with one attached hydrogen (secondary N) is 2. The molecule has 0 aromatic heterocycles. The summed E-state index contributed by atoms with van der Waals surface area (Å²) in [7, 11) is 3.68. The molecule has 0 radical (unpaired) electrons. The second-order valence-corrected chi connectivity index (χ2v) is 5.29. The minimum Gasteiger partial charge on any atom is -0.369 e. The summed E-state index contributed by atoms with van der Waals surface area (Å²) in [6.45, 7) is 2.10. The number of anilines is 1. The molecule has 0 bridgehead atoms. The first-order valence-corrected chi connectivity index (χ1v) is 6.94. The van der Waals surface area contributed by atoms with Gasteiger partial charge in [0.15, 0.2) is 5.96 Å². The molecule has 1 atom stereocenters. The van der Waals surface area contributed by atoms with E-state index in [4.69, 9.17) is 0 Å². The molecule has 1 aromatic rings. The Bertz CT molecular complexity index is 416. The number of aliphatic imine (C=N–C) groups is 1. The van der Waals surface area contributed by atoms with Gasteiger partial charge in [0.05, 0.1) is 0 Å². The molecule has 1 saturated heterocycles. The molecule has 1 aliphatic rings. The number of guanidine groups is 1. The quantitative estimate of drug-likeness (QED) is 0.646. The third kappa shape index (κ3) is 3.16. The first kappa shape index (κ1) is 13.2. The van der Waals surface area contributed by atoms with Gasteiger partial charge in [-0.25, -0.2) is 0 Å². The summed E-state index contributed by atoms with van der Waals surface area (Å²) in [5.74, 6) is 0.859. The SMILES string of the molecule is CN=C(NC)N[C@H]1CCN(c2ccc(Br)cc2)C1. The molecule has 2 rings (SSSR count). The van der Waals surface area contributed by atoms with Gasteiger partial charge in [0.1, 0.15) is 0 Å². The van der Waals surface area contributed by atoms with E-state index in [0.29, 0.717) is 6.04 Å². The molecule has 1 heterocycles. The van der Waals surface area contributed by atoms with Crippen molar-refractivity contribution in [1.29, 1.82) is 0 Å². The molecule has 1 aliphatic heterocycles. The summed E-state index contributed by atoms with van der Waals surface area (Å²) in [6, 6.07) is 8.93. The lowest BCUT2D eigenvalue weighted by molar-refractivity contribution is 0.657. The second-order valence-electron chi connectivity index (χ2n) is 4.37. The molecule has 98 valence electrons. The van der Waals surface area contributed by atoms with Crippen LogP contribution in [0.15, 0.2) is 33.7 Å². The zero-order valence-corrected chi connectivity index (χ0v) is 12.4. The largest absolute Gasteiger partial charge is 0.369 e. The van der Waals surface area contributed by atoms with Gasteiger partial charge >= 0.3 is 0 Å². The number of rotatable bonds is 2. The van der Waals surface area contributed by atoms with Crippen LogP contribution < -0.4 is 15.5 Å². The van der Waals surface area contributed by atoms with Crippen molar-refractivity contribution in [3.05, 3.63) is 28.7 Å². The highest BCUT2D eigenvalue weighted by Crippen LogP contribution is 2.22. The summed E-state index contributed by atoms with van der Waals surface area (Å²) in [6.07, 6.45) is 1.14. The first-order valence-electron chi connectivity index (χ1n) is 6.14. The average Bonchev–Trinajstić information content (AvgIpc) is 2.85. The zero-order valence-electron chi connectivity index (χ0n) is 10.8. The molecule has 5 heteroatoms. The monoisotopic (exact) mass is 310 g/mol. The maximum Gasteiger partial charge on any atom is 0.190 e. The predicted molar refractivity (Wildman–Crippen MR) is 80.3 cm³/mol. The highest BCUT2D eigenvalue weighted by molar-refractivity contribution is 9.10. The molecule has 0 saturated carbocycles. The van der Waals surface area contributed by atoms with Gasteiger partial charge in [0.25, 0.3) is 0 Å². The van der Waals surface area contributed by atoms with Crippen molar-refractivity contribution in [2.75, 3.05) is 32.1 Å². The van der Waals surface area contributed by atoms with E-state index in [-0.39, 0.29) is 0 Å². The molecule has 0 amide bonds. The average molecular weight is 311 g/mol. The fraction of sp³-hybridized carbons (Fsp3) is 0.462. The van der Waals surface area contributed by atoms with Crippen LogP contribution in [-0.2, 0) is 0 Å². The normalized spacial score (nSPS) is 20.1. The lowest BCUT2D eigenvalue weighted by atomic mass is 10.3. The Kier molecular flexibility index (Phi) is 4.47. The van der Waals surface area contributed by atoms with Gasteiger partial charge in [0.2, 0.25) is 0 Å². The van der Waals surface area contributed by atoms with Crippen LogP contribution in [0.4, 0.5) is 5.69 Å². The molecular formula is C13H19BrN4. The standard InChI is InChI=1S/C13H19BrN4/c1-15-13(16-2)17-11-7-8-18(9-11)12-5-3-10(14)4-6-12/h3-6,11H,7-9H2,1-2H3,(H2,15,16,17)/t11-/m0/s1. The topological polar surface area (TPSA) is 39.7 Å². The van der Waals surface area contributed by atoms with Crippen LogP contribution in [0.3, 0.4) is 0 Å². The van der Waals surface area contributed by atoms with Crippen LogP contribution >= 0.6 is 15.9 Å². The Hall–Kier alpha value is -1.23. The third-order valence-corrected chi connectivity index (χ3v) is 3.71. The minimum atomic E-state index is 0.458.